The van der Waals surface area contributed by atoms with Crippen molar-refractivity contribution >= 4 is 35.4 Å². The number of terminal acetylenes is 1. The van der Waals surface area contributed by atoms with E-state index in [0.717, 1.165) is 11.1 Å². The number of hydrogen-bond acceptors (Lipinski definition) is 10. The predicted octanol–water partition coefficient (Wildman–Crippen LogP) is 2.04. The molecule has 2 saturated heterocycles. The Morgan fingerprint density at radius 3 is 2.12 bits per heavy atom. The number of ketones is 1. The third-order valence-electron chi connectivity index (χ3n) is 10.1. The highest BCUT2D eigenvalue weighted by molar-refractivity contribution is 5.98. The number of esters is 1. The minimum Gasteiger partial charge on any atom is -0.441 e. The van der Waals surface area contributed by atoms with Crippen LogP contribution >= 0.6 is 0 Å². The van der Waals surface area contributed by atoms with E-state index < -0.39 is 66.1 Å². The lowest BCUT2D eigenvalue weighted by Gasteiger charge is -2.34. The Morgan fingerprint density at radius 2 is 1.48 bits per heavy atom. The highest BCUT2D eigenvalue weighted by Gasteiger charge is 2.49. The smallest absolute Gasteiger partial charge is 0.339 e. The largest absolute Gasteiger partial charge is 0.441 e. The van der Waals surface area contributed by atoms with Crippen molar-refractivity contribution in [2.75, 3.05) is 46.2 Å². The summed E-state index contributed by atoms with van der Waals surface area (Å²) in [5.41, 5.74) is 1.35. The minimum absolute atomic E-state index is 0.0683. The van der Waals surface area contributed by atoms with Crippen molar-refractivity contribution < 1.29 is 43.0 Å². The van der Waals surface area contributed by atoms with Gasteiger partial charge in [-0.25, -0.2) is 4.79 Å². The maximum atomic E-state index is 14.3. The molecule has 2 aliphatic heterocycles. The molecule has 2 aliphatic rings. The fourth-order valence-electron chi connectivity index (χ4n) is 6.52. The van der Waals surface area contributed by atoms with Gasteiger partial charge in [0.2, 0.25) is 23.6 Å². The van der Waals surface area contributed by atoms with Gasteiger partial charge in [0.25, 0.3) is 0 Å². The summed E-state index contributed by atoms with van der Waals surface area (Å²) >= 11 is 0. The van der Waals surface area contributed by atoms with Gasteiger partial charge in [-0.3, -0.25) is 33.8 Å². The average molecular weight is 794 g/mol. The van der Waals surface area contributed by atoms with Crippen molar-refractivity contribution in [3.8, 4) is 12.3 Å². The number of amides is 4. The van der Waals surface area contributed by atoms with Gasteiger partial charge in [-0.1, -0.05) is 72.7 Å². The van der Waals surface area contributed by atoms with Gasteiger partial charge in [-0.15, -0.1) is 6.42 Å². The van der Waals surface area contributed by atoms with Crippen LogP contribution in [0, 0.1) is 12.3 Å². The second-order valence-electron chi connectivity index (χ2n) is 14.7. The lowest BCUT2D eigenvalue weighted by Crippen LogP contribution is -2.59. The van der Waals surface area contributed by atoms with Gasteiger partial charge in [-0.2, -0.15) is 0 Å². The second-order valence-corrected chi connectivity index (χ2v) is 14.7. The van der Waals surface area contributed by atoms with E-state index in [0.29, 0.717) is 38.3 Å². The summed E-state index contributed by atoms with van der Waals surface area (Å²) in [6.07, 6.45) is 6.13. The van der Waals surface area contributed by atoms with E-state index >= 15 is 0 Å². The number of morpholine rings is 1. The van der Waals surface area contributed by atoms with Gasteiger partial charge in [0, 0.05) is 25.1 Å². The molecule has 0 bridgehead atoms. The van der Waals surface area contributed by atoms with Crippen molar-refractivity contribution in [1.82, 2.24) is 25.8 Å². The number of hydrogen-bond donors (Lipinski definition) is 3. The number of nitrogens with zero attached hydrogens (tertiary/aromatic N) is 2. The number of epoxide rings is 1. The number of ether oxygens (including phenoxy) is 3. The lowest BCUT2D eigenvalue weighted by molar-refractivity contribution is -0.147. The SMILES string of the molecule is C#Cc1cccc(C(=O)OCN(C(=O)CN2CCOCC2)[C@@H](CCc2ccccc2)C(=O)N[C@@H](C)C(=O)N[C@@H](Cc2ccccc2)C(=O)N[C@@H](C)C(=O)[C@@]2(C)CO2)c1. The van der Waals surface area contributed by atoms with Crippen LogP contribution in [0.25, 0.3) is 0 Å². The maximum Gasteiger partial charge on any atom is 0.339 e. The zero-order valence-corrected chi connectivity index (χ0v) is 33.1. The zero-order valence-electron chi connectivity index (χ0n) is 33.1. The van der Waals surface area contributed by atoms with Crippen LogP contribution in [-0.4, -0.2) is 121 Å². The molecular formula is C44H51N5O9. The Labute approximate surface area is 339 Å². The summed E-state index contributed by atoms with van der Waals surface area (Å²) in [5, 5.41) is 8.20. The molecule has 0 unspecified atom stereocenters. The maximum absolute atomic E-state index is 14.3. The molecule has 0 saturated carbocycles. The molecular weight excluding hydrogens is 743 g/mol. The normalized spacial score (nSPS) is 18.2. The molecule has 3 aromatic rings. The average Bonchev–Trinajstić information content (AvgIpc) is 4.00. The van der Waals surface area contributed by atoms with Crippen LogP contribution in [0.5, 0.6) is 0 Å². The first-order valence-corrected chi connectivity index (χ1v) is 19.4. The Kier molecular flexibility index (Phi) is 15.3. The zero-order chi connectivity index (χ0) is 41.7. The van der Waals surface area contributed by atoms with Crippen molar-refractivity contribution in [1.29, 1.82) is 0 Å². The Balaban J connectivity index is 1.35. The fourth-order valence-corrected chi connectivity index (χ4v) is 6.52. The van der Waals surface area contributed by atoms with Gasteiger partial charge < -0.3 is 30.2 Å². The van der Waals surface area contributed by atoms with Crippen LogP contribution < -0.4 is 16.0 Å². The van der Waals surface area contributed by atoms with Crippen molar-refractivity contribution in [2.45, 2.75) is 69.8 Å². The summed E-state index contributed by atoms with van der Waals surface area (Å²) in [7, 11) is 0. The molecule has 2 heterocycles. The molecule has 3 N–H and O–H groups in total. The van der Waals surface area contributed by atoms with E-state index in [4.69, 9.17) is 20.6 Å². The van der Waals surface area contributed by atoms with E-state index in [-0.39, 0.29) is 37.3 Å². The highest BCUT2D eigenvalue weighted by Crippen LogP contribution is 2.28. The summed E-state index contributed by atoms with van der Waals surface area (Å²) in [6, 6.07) is 20.4. The van der Waals surface area contributed by atoms with Crippen LogP contribution in [0.1, 0.15) is 54.2 Å². The summed E-state index contributed by atoms with van der Waals surface area (Å²) in [5.74, 6) is -0.940. The van der Waals surface area contributed by atoms with Gasteiger partial charge in [0.15, 0.2) is 12.5 Å². The quantitative estimate of drug-likeness (QED) is 0.0705. The number of carbonyl (C=O) groups excluding carboxylic acids is 6. The molecule has 58 heavy (non-hydrogen) atoms. The van der Waals surface area contributed by atoms with E-state index in [1.54, 1.807) is 38.1 Å². The van der Waals surface area contributed by atoms with Crippen molar-refractivity contribution in [3.05, 3.63) is 107 Å². The molecule has 306 valence electrons. The molecule has 14 heteroatoms. The molecule has 0 aromatic heterocycles. The Hall–Kier alpha value is -5.88. The van der Waals surface area contributed by atoms with Gasteiger partial charge >= 0.3 is 5.97 Å². The third kappa shape index (κ3) is 12.3. The molecule has 0 spiro atoms. The van der Waals surface area contributed by atoms with Crippen molar-refractivity contribution in [2.24, 2.45) is 0 Å². The summed E-state index contributed by atoms with van der Waals surface area (Å²) in [4.78, 5) is 85.1. The molecule has 4 amide bonds. The molecule has 0 aliphatic carbocycles. The number of aryl methyl sites for hydroxylation is 1. The third-order valence-corrected chi connectivity index (χ3v) is 10.1. The standard InChI is InChI=1S/C44H51N5O9/c1-5-32-17-12-18-35(25-32)43(55)57-29-49(38(50)27-48-21-23-56-24-22-48)37(20-19-33-13-8-6-9-14-33)42(54)46-31(3)40(52)47-36(26-34-15-10-7-11-16-34)41(53)45-30(2)39(51)44(4)28-58-44/h1,6-18,25,30-31,36-37H,19-24,26-29H2,2-4H3,(H,45,53)(H,46,54)(H,47,52)/t30-,31-,36-,37-,44+/m0/s1. The van der Waals surface area contributed by atoms with Crippen LogP contribution in [-0.2, 0) is 51.0 Å². The number of benzene rings is 3. The first kappa shape index (κ1) is 43.2. The molecule has 2 fully saturated rings. The summed E-state index contributed by atoms with van der Waals surface area (Å²) < 4.78 is 16.4. The second kappa shape index (κ2) is 20.5. The fraction of sp³-hybridized carbons (Fsp3) is 0.409. The molecule has 5 atom stereocenters. The van der Waals surface area contributed by atoms with E-state index in [2.05, 4.69) is 21.9 Å². The van der Waals surface area contributed by atoms with E-state index in [9.17, 15) is 28.8 Å². The molecule has 5 rings (SSSR count). The number of Topliss-reactive ketones (excluding diaryl/α,β-unsaturated/α-hetero) is 1. The van der Waals surface area contributed by atoms with E-state index in [1.807, 2.05) is 53.4 Å². The molecule has 14 nitrogen and oxygen atoms in total. The monoisotopic (exact) mass is 793 g/mol. The molecule has 3 aromatic carbocycles. The minimum atomic E-state index is -1.19. The van der Waals surface area contributed by atoms with Crippen LogP contribution in [0.4, 0.5) is 0 Å². The van der Waals surface area contributed by atoms with Crippen LogP contribution in [0.3, 0.4) is 0 Å². The van der Waals surface area contributed by atoms with Crippen LogP contribution in [0.15, 0.2) is 84.9 Å². The highest BCUT2D eigenvalue weighted by atomic mass is 16.6. The van der Waals surface area contributed by atoms with Gasteiger partial charge in [-0.05, 0) is 62.9 Å². The molecule has 0 radical (unpaired) electrons. The number of carbonyl (C=O) groups is 6. The van der Waals surface area contributed by atoms with Gasteiger partial charge in [0.05, 0.1) is 38.0 Å². The first-order chi connectivity index (χ1) is 27.9. The Morgan fingerprint density at radius 1 is 0.845 bits per heavy atom. The van der Waals surface area contributed by atoms with E-state index in [1.165, 1.54) is 24.0 Å². The topological polar surface area (TPSA) is 176 Å². The first-order valence-electron chi connectivity index (χ1n) is 19.4. The lowest BCUT2D eigenvalue weighted by atomic mass is 10.0. The van der Waals surface area contributed by atoms with Crippen LogP contribution in [0.2, 0.25) is 0 Å². The van der Waals surface area contributed by atoms with Gasteiger partial charge in [0.1, 0.15) is 23.7 Å². The summed E-state index contributed by atoms with van der Waals surface area (Å²) in [6.45, 7) is 6.17. The number of rotatable bonds is 19. The number of nitrogens with one attached hydrogen (secondary N) is 3. The van der Waals surface area contributed by atoms with Crippen molar-refractivity contribution in [3.63, 3.8) is 0 Å². The predicted molar refractivity (Wildman–Crippen MR) is 214 cm³/mol. The Bertz CT molecular complexity index is 1960.